The van der Waals surface area contributed by atoms with Gasteiger partial charge in [-0.1, -0.05) is 25.1 Å². The van der Waals surface area contributed by atoms with Crippen molar-refractivity contribution < 1.29 is 4.42 Å². The maximum absolute atomic E-state index is 6.03. The zero-order valence-electron chi connectivity index (χ0n) is 8.77. The Morgan fingerprint density at radius 2 is 2.20 bits per heavy atom. The standard InChI is InChI=1S/C12H15NOS/c1-2-15-8-10(13)12-7-9-5-3-4-6-11(9)14-12/h3-7,10H,2,8,13H2,1H3. The number of hydrogen-bond acceptors (Lipinski definition) is 3. The Hall–Kier alpha value is -0.930. The fraction of sp³-hybridized carbons (Fsp3) is 0.333. The molecule has 80 valence electrons. The van der Waals surface area contributed by atoms with Crippen LogP contribution in [0, 0.1) is 0 Å². The van der Waals surface area contributed by atoms with Gasteiger partial charge in [0.05, 0.1) is 6.04 Å². The zero-order valence-corrected chi connectivity index (χ0v) is 9.59. The van der Waals surface area contributed by atoms with E-state index in [9.17, 15) is 0 Å². The van der Waals surface area contributed by atoms with Gasteiger partial charge >= 0.3 is 0 Å². The number of hydrogen-bond donors (Lipinski definition) is 1. The Bertz CT molecular complexity index is 405. The largest absolute Gasteiger partial charge is 0.459 e. The van der Waals surface area contributed by atoms with E-state index in [1.165, 1.54) is 0 Å². The van der Waals surface area contributed by atoms with Crippen LogP contribution in [0.15, 0.2) is 34.7 Å². The molecule has 2 aromatic rings. The molecule has 0 aliphatic carbocycles. The van der Waals surface area contributed by atoms with E-state index in [1.807, 2.05) is 42.1 Å². The SMILES string of the molecule is CCSCC(N)c1cc2ccccc2o1. The Morgan fingerprint density at radius 3 is 2.93 bits per heavy atom. The van der Waals surface area contributed by atoms with Crippen molar-refractivity contribution in [1.29, 1.82) is 0 Å². The normalized spacial score (nSPS) is 13.2. The van der Waals surface area contributed by atoms with Crippen LogP contribution in [0.3, 0.4) is 0 Å². The van der Waals surface area contributed by atoms with Crippen molar-refractivity contribution in [2.45, 2.75) is 13.0 Å². The number of rotatable bonds is 4. The van der Waals surface area contributed by atoms with Gasteiger partial charge in [-0.25, -0.2) is 0 Å². The lowest BCUT2D eigenvalue weighted by Gasteiger charge is -2.06. The second-order valence-corrected chi connectivity index (χ2v) is 4.77. The molecule has 0 spiro atoms. The van der Waals surface area contributed by atoms with Gasteiger partial charge in [-0.05, 0) is 17.9 Å². The molecule has 1 aromatic carbocycles. The van der Waals surface area contributed by atoms with Crippen LogP contribution in [0.4, 0.5) is 0 Å². The maximum atomic E-state index is 6.03. The summed E-state index contributed by atoms with van der Waals surface area (Å²) in [7, 11) is 0. The van der Waals surface area contributed by atoms with Crippen molar-refractivity contribution in [3.05, 3.63) is 36.1 Å². The highest BCUT2D eigenvalue weighted by atomic mass is 32.2. The van der Waals surface area contributed by atoms with Crippen LogP contribution < -0.4 is 5.73 Å². The van der Waals surface area contributed by atoms with E-state index in [0.29, 0.717) is 0 Å². The van der Waals surface area contributed by atoms with Crippen LogP contribution in [-0.2, 0) is 0 Å². The molecule has 1 aromatic heterocycles. The van der Waals surface area contributed by atoms with Crippen molar-refractivity contribution in [2.75, 3.05) is 11.5 Å². The lowest BCUT2D eigenvalue weighted by Crippen LogP contribution is -2.11. The molecule has 0 bridgehead atoms. The number of thioether (sulfide) groups is 1. The van der Waals surface area contributed by atoms with E-state index in [1.54, 1.807) is 0 Å². The number of furan rings is 1. The fourth-order valence-electron chi connectivity index (χ4n) is 1.51. The van der Waals surface area contributed by atoms with Crippen LogP contribution >= 0.6 is 11.8 Å². The summed E-state index contributed by atoms with van der Waals surface area (Å²) in [5.41, 5.74) is 6.95. The summed E-state index contributed by atoms with van der Waals surface area (Å²) in [5.74, 6) is 2.89. The molecule has 1 unspecified atom stereocenters. The molecule has 1 heterocycles. The van der Waals surface area contributed by atoms with E-state index in [0.717, 1.165) is 28.2 Å². The van der Waals surface area contributed by atoms with Crippen LogP contribution in [-0.4, -0.2) is 11.5 Å². The van der Waals surface area contributed by atoms with Crippen molar-refractivity contribution in [3.63, 3.8) is 0 Å². The average Bonchev–Trinajstić information content (AvgIpc) is 2.69. The molecule has 2 N–H and O–H groups in total. The van der Waals surface area contributed by atoms with Gasteiger partial charge in [0.1, 0.15) is 11.3 Å². The first-order valence-corrected chi connectivity index (χ1v) is 6.28. The predicted molar refractivity (Wildman–Crippen MR) is 66.1 cm³/mol. The number of nitrogens with two attached hydrogens (primary N) is 1. The smallest absolute Gasteiger partial charge is 0.134 e. The van der Waals surface area contributed by atoms with Gasteiger partial charge in [0.2, 0.25) is 0 Å². The van der Waals surface area contributed by atoms with Gasteiger partial charge in [-0.15, -0.1) is 0 Å². The Morgan fingerprint density at radius 1 is 1.40 bits per heavy atom. The van der Waals surface area contributed by atoms with Gasteiger partial charge in [-0.3, -0.25) is 0 Å². The zero-order chi connectivity index (χ0) is 10.7. The summed E-state index contributed by atoms with van der Waals surface area (Å²) >= 11 is 1.84. The minimum atomic E-state index is 0.00218. The predicted octanol–water partition coefficient (Wildman–Crippen LogP) is 3.19. The van der Waals surface area contributed by atoms with Crippen molar-refractivity contribution in [1.82, 2.24) is 0 Å². The first-order valence-electron chi connectivity index (χ1n) is 5.13. The molecule has 0 saturated heterocycles. The van der Waals surface area contributed by atoms with E-state index < -0.39 is 0 Å². The molecule has 0 fully saturated rings. The molecular formula is C12H15NOS. The lowest BCUT2D eigenvalue weighted by molar-refractivity contribution is 0.516. The first-order chi connectivity index (χ1) is 7.31. The van der Waals surface area contributed by atoms with Gasteiger partial charge in [-0.2, -0.15) is 11.8 Å². The highest BCUT2D eigenvalue weighted by molar-refractivity contribution is 7.99. The quantitative estimate of drug-likeness (QED) is 0.861. The summed E-state index contributed by atoms with van der Waals surface area (Å²) in [6.45, 7) is 2.13. The Kier molecular flexibility index (Phi) is 3.34. The summed E-state index contributed by atoms with van der Waals surface area (Å²) in [4.78, 5) is 0. The van der Waals surface area contributed by atoms with Crippen molar-refractivity contribution in [3.8, 4) is 0 Å². The summed E-state index contributed by atoms with van der Waals surface area (Å²) in [5, 5.41) is 1.13. The maximum Gasteiger partial charge on any atom is 0.134 e. The van der Waals surface area contributed by atoms with Crippen LogP contribution in [0.2, 0.25) is 0 Å². The minimum Gasteiger partial charge on any atom is -0.459 e. The van der Waals surface area contributed by atoms with Crippen LogP contribution in [0.25, 0.3) is 11.0 Å². The first kappa shape index (κ1) is 10.6. The second-order valence-electron chi connectivity index (χ2n) is 3.45. The number of benzene rings is 1. The monoisotopic (exact) mass is 221 g/mol. The van der Waals surface area contributed by atoms with E-state index in [-0.39, 0.29) is 6.04 Å². The van der Waals surface area contributed by atoms with Crippen LogP contribution in [0.5, 0.6) is 0 Å². The minimum absolute atomic E-state index is 0.00218. The second kappa shape index (κ2) is 4.73. The molecule has 15 heavy (non-hydrogen) atoms. The number of para-hydroxylation sites is 1. The van der Waals surface area contributed by atoms with Gasteiger partial charge < -0.3 is 10.2 Å². The fourth-order valence-corrected chi connectivity index (χ4v) is 2.17. The molecule has 3 heteroatoms. The molecule has 0 radical (unpaired) electrons. The third-order valence-electron chi connectivity index (χ3n) is 2.31. The third-order valence-corrected chi connectivity index (χ3v) is 3.31. The third kappa shape index (κ3) is 2.36. The number of fused-ring (bicyclic) bond motifs is 1. The van der Waals surface area contributed by atoms with Crippen molar-refractivity contribution in [2.24, 2.45) is 5.73 Å². The summed E-state index contributed by atoms with van der Waals surface area (Å²) < 4.78 is 5.69. The lowest BCUT2D eigenvalue weighted by atomic mass is 10.2. The molecule has 0 amide bonds. The van der Waals surface area contributed by atoms with Crippen molar-refractivity contribution >= 4 is 22.7 Å². The highest BCUT2D eigenvalue weighted by Gasteiger charge is 2.11. The van der Waals surface area contributed by atoms with Crippen LogP contribution in [0.1, 0.15) is 18.7 Å². The molecule has 2 nitrogen and oxygen atoms in total. The van der Waals surface area contributed by atoms with E-state index in [2.05, 4.69) is 6.92 Å². The van der Waals surface area contributed by atoms with Gasteiger partial charge in [0.15, 0.2) is 0 Å². The molecule has 0 aliphatic rings. The molecule has 1 atom stereocenters. The molecule has 0 saturated carbocycles. The topological polar surface area (TPSA) is 39.2 Å². The molecular weight excluding hydrogens is 206 g/mol. The van der Waals surface area contributed by atoms with Gasteiger partial charge in [0, 0.05) is 11.1 Å². The highest BCUT2D eigenvalue weighted by Crippen LogP contribution is 2.24. The Labute approximate surface area is 93.8 Å². The Balaban J connectivity index is 2.20. The van der Waals surface area contributed by atoms with E-state index >= 15 is 0 Å². The summed E-state index contributed by atoms with van der Waals surface area (Å²) in [6, 6.07) is 10.0. The average molecular weight is 221 g/mol. The summed E-state index contributed by atoms with van der Waals surface area (Å²) in [6.07, 6.45) is 0. The van der Waals surface area contributed by atoms with Gasteiger partial charge in [0.25, 0.3) is 0 Å². The molecule has 2 rings (SSSR count). The molecule has 0 aliphatic heterocycles. The van der Waals surface area contributed by atoms with E-state index in [4.69, 9.17) is 10.2 Å².